The number of hydrogen-bond acceptors (Lipinski definition) is 3. The first kappa shape index (κ1) is 20.6. The smallest absolute Gasteiger partial charge is 0.308 e. The van der Waals surface area contributed by atoms with E-state index in [1.54, 1.807) is 9.80 Å². The summed E-state index contributed by atoms with van der Waals surface area (Å²) >= 11 is 1.48. The predicted molar refractivity (Wildman–Crippen MR) is 125 cm³/mol. The first-order valence-corrected chi connectivity index (χ1v) is 11.4. The Morgan fingerprint density at radius 1 is 1.06 bits per heavy atom. The van der Waals surface area contributed by atoms with Gasteiger partial charge in [-0.2, -0.15) is 0 Å². The number of carbonyl (C=O) groups excluding carboxylic acids is 2. The second-order valence-electron chi connectivity index (χ2n) is 7.92. The number of para-hydroxylation sites is 1. The maximum absolute atomic E-state index is 13.9. The van der Waals surface area contributed by atoms with Gasteiger partial charge in [0.05, 0.1) is 12.2 Å². The molecule has 162 valence electrons. The third kappa shape index (κ3) is 3.24. The summed E-state index contributed by atoms with van der Waals surface area (Å²) in [6.07, 6.45) is 0. The first-order valence-electron chi connectivity index (χ1n) is 10.4. The highest BCUT2D eigenvalue weighted by molar-refractivity contribution is 8.01. The minimum absolute atomic E-state index is 0.112. The number of urea groups is 1. The number of rotatable bonds is 3. The molecule has 3 aromatic rings. The summed E-state index contributed by atoms with van der Waals surface area (Å²) < 4.78 is 13.3. The summed E-state index contributed by atoms with van der Waals surface area (Å²) in [4.78, 5) is 29.5. The summed E-state index contributed by atoms with van der Waals surface area (Å²) in [6.45, 7) is 2.92. The van der Waals surface area contributed by atoms with Gasteiger partial charge in [0.15, 0.2) is 4.87 Å². The van der Waals surface area contributed by atoms with Crippen molar-refractivity contribution in [2.45, 2.75) is 18.3 Å². The highest BCUT2D eigenvalue weighted by Crippen LogP contribution is 2.54. The Balaban J connectivity index is 1.51. The zero-order valence-electron chi connectivity index (χ0n) is 17.5. The molecule has 0 radical (unpaired) electrons. The fourth-order valence-corrected chi connectivity index (χ4v) is 5.87. The van der Waals surface area contributed by atoms with Crippen molar-refractivity contribution in [2.24, 2.45) is 0 Å². The summed E-state index contributed by atoms with van der Waals surface area (Å²) in [5, 5.41) is 2.82. The molecule has 0 aromatic heterocycles. The Morgan fingerprint density at radius 3 is 2.56 bits per heavy atom. The number of anilines is 2. The lowest BCUT2D eigenvalue weighted by molar-refractivity contribution is -0.123. The largest absolute Gasteiger partial charge is 0.323 e. The number of carbonyl (C=O) groups is 2. The molecule has 1 fully saturated rings. The molecular formula is C25H22FN3O2S. The SMILES string of the molecule is Cc1ccccc1CN1C(=O)[C@@]2(SCCN2C(=O)Nc2ccc(F)cc2)c2ccccc21. The van der Waals surface area contributed by atoms with Crippen LogP contribution < -0.4 is 10.2 Å². The van der Waals surface area contributed by atoms with Gasteiger partial charge in [-0.1, -0.05) is 42.5 Å². The van der Waals surface area contributed by atoms with Gasteiger partial charge in [-0.05, 0) is 48.4 Å². The highest BCUT2D eigenvalue weighted by atomic mass is 32.2. The van der Waals surface area contributed by atoms with Gasteiger partial charge in [-0.3, -0.25) is 9.69 Å². The van der Waals surface area contributed by atoms with Crippen LogP contribution in [0.25, 0.3) is 0 Å². The third-order valence-electron chi connectivity index (χ3n) is 6.03. The molecule has 0 unspecified atom stereocenters. The van der Waals surface area contributed by atoms with Crippen molar-refractivity contribution in [3.8, 4) is 0 Å². The van der Waals surface area contributed by atoms with Gasteiger partial charge in [0.1, 0.15) is 5.82 Å². The van der Waals surface area contributed by atoms with Gasteiger partial charge in [0, 0.05) is 23.5 Å². The van der Waals surface area contributed by atoms with E-state index in [0.717, 1.165) is 22.4 Å². The quantitative estimate of drug-likeness (QED) is 0.607. The number of aryl methyl sites for hydroxylation is 1. The zero-order valence-corrected chi connectivity index (χ0v) is 18.4. The van der Waals surface area contributed by atoms with E-state index in [1.807, 2.05) is 55.5 Å². The van der Waals surface area contributed by atoms with Crippen molar-refractivity contribution in [1.29, 1.82) is 0 Å². The lowest BCUT2D eigenvalue weighted by Crippen LogP contribution is -2.51. The van der Waals surface area contributed by atoms with Crippen LogP contribution in [-0.2, 0) is 16.2 Å². The minimum atomic E-state index is -1.11. The minimum Gasteiger partial charge on any atom is -0.308 e. The van der Waals surface area contributed by atoms with Crippen molar-refractivity contribution in [2.75, 3.05) is 22.5 Å². The Labute approximate surface area is 190 Å². The Hall–Kier alpha value is -3.32. The summed E-state index contributed by atoms with van der Waals surface area (Å²) in [5.41, 5.74) is 4.32. The topological polar surface area (TPSA) is 52.7 Å². The number of nitrogens with one attached hydrogen (secondary N) is 1. The van der Waals surface area contributed by atoms with Crippen LogP contribution in [0.4, 0.5) is 20.6 Å². The molecule has 0 bridgehead atoms. The summed E-state index contributed by atoms with van der Waals surface area (Å²) in [5.74, 6) is 0.163. The maximum Gasteiger partial charge on any atom is 0.323 e. The van der Waals surface area contributed by atoms with Gasteiger partial charge in [0.2, 0.25) is 0 Å². The Bertz CT molecular complexity index is 1200. The van der Waals surface area contributed by atoms with E-state index in [9.17, 15) is 14.0 Å². The molecule has 3 amide bonds. The molecular weight excluding hydrogens is 425 g/mol. The average molecular weight is 448 g/mol. The number of halogens is 1. The van der Waals surface area contributed by atoms with Crippen molar-refractivity contribution >= 4 is 35.1 Å². The molecule has 1 spiro atoms. The lowest BCUT2D eigenvalue weighted by atomic mass is 10.1. The first-order chi connectivity index (χ1) is 15.5. The number of benzene rings is 3. The molecule has 3 aromatic carbocycles. The molecule has 1 atom stereocenters. The van der Waals surface area contributed by atoms with Crippen LogP contribution in [0, 0.1) is 12.7 Å². The molecule has 5 nitrogen and oxygen atoms in total. The standard InChI is InChI=1S/C25H22FN3O2S/c1-17-6-2-3-7-18(17)16-28-22-9-5-4-8-21(22)25(23(28)30)29(14-15-32-25)24(31)27-20-12-10-19(26)11-13-20/h2-13H,14-16H2,1H3,(H,27,31)/t25-/m0/s1. The van der Waals surface area contributed by atoms with E-state index in [1.165, 1.54) is 36.0 Å². The van der Waals surface area contributed by atoms with Crippen LogP contribution in [0.15, 0.2) is 72.8 Å². The molecule has 7 heteroatoms. The molecule has 32 heavy (non-hydrogen) atoms. The van der Waals surface area contributed by atoms with Gasteiger partial charge in [-0.15, -0.1) is 11.8 Å². The Morgan fingerprint density at radius 2 is 1.78 bits per heavy atom. The van der Waals surface area contributed by atoms with Crippen LogP contribution >= 0.6 is 11.8 Å². The van der Waals surface area contributed by atoms with E-state index in [-0.39, 0.29) is 17.8 Å². The van der Waals surface area contributed by atoms with Crippen LogP contribution in [-0.4, -0.2) is 29.1 Å². The second-order valence-corrected chi connectivity index (χ2v) is 9.20. The van der Waals surface area contributed by atoms with E-state index in [0.29, 0.717) is 24.5 Å². The maximum atomic E-state index is 13.9. The molecule has 5 rings (SSSR count). The van der Waals surface area contributed by atoms with Crippen molar-refractivity contribution in [3.63, 3.8) is 0 Å². The van der Waals surface area contributed by atoms with E-state index >= 15 is 0 Å². The van der Waals surface area contributed by atoms with Crippen LogP contribution in [0.2, 0.25) is 0 Å². The Kier molecular flexibility index (Phi) is 5.13. The number of thioether (sulfide) groups is 1. The van der Waals surface area contributed by atoms with Gasteiger partial charge in [0.25, 0.3) is 5.91 Å². The highest BCUT2D eigenvalue weighted by Gasteiger charge is 2.59. The molecule has 1 N–H and O–H groups in total. The molecule has 2 aliphatic heterocycles. The monoisotopic (exact) mass is 447 g/mol. The van der Waals surface area contributed by atoms with Gasteiger partial charge in [-0.25, -0.2) is 9.18 Å². The normalized spacial score (nSPS) is 19.5. The van der Waals surface area contributed by atoms with E-state index in [4.69, 9.17) is 0 Å². The lowest BCUT2D eigenvalue weighted by Gasteiger charge is -2.33. The fraction of sp³-hybridized carbons (Fsp3) is 0.200. The molecule has 1 saturated heterocycles. The van der Waals surface area contributed by atoms with Gasteiger partial charge < -0.3 is 10.2 Å². The zero-order chi connectivity index (χ0) is 22.3. The van der Waals surface area contributed by atoms with Gasteiger partial charge >= 0.3 is 6.03 Å². The fourth-order valence-electron chi connectivity index (χ4n) is 4.41. The molecule has 0 aliphatic carbocycles. The number of nitrogens with zero attached hydrogens (tertiary/aromatic N) is 2. The van der Waals surface area contributed by atoms with Crippen LogP contribution in [0.1, 0.15) is 16.7 Å². The molecule has 2 aliphatic rings. The molecule has 2 heterocycles. The average Bonchev–Trinajstić information content (AvgIpc) is 3.34. The van der Waals surface area contributed by atoms with Crippen molar-refractivity contribution in [1.82, 2.24) is 4.90 Å². The third-order valence-corrected chi connectivity index (χ3v) is 7.45. The van der Waals surface area contributed by atoms with Crippen LogP contribution in [0.3, 0.4) is 0 Å². The number of fused-ring (bicyclic) bond motifs is 2. The van der Waals surface area contributed by atoms with Crippen molar-refractivity contribution < 1.29 is 14.0 Å². The summed E-state index contributed by atoms with van der Waals surface area (Å²) in [6, 6.07) is 20.9. The molecule has 0 saturated carbocycles. The van der Waals surface area contributed by atoms with E-state index in [2.05, 4.69) is 5.32 Å². The summed E-state index contributed by atoms with van der Waals surface area (Å²) in [7, 11) is 0. The predicted octanol–water partition coefficient (Wildman–Crippen LogP) is 5.11. The van der Waals surface area contributed by atoms with Crippen molar-refractivity contribution in [3.05, 3.63) is 95.3 Å². The number of amides is 3. The van der Waals surface area contributed by atoms with Crippen LogP contribution in [0.5, 0.6) is 0 Å². The number of hydrogen-bond donors (Lipinski definition) is 1. The van der Waals surface area contributed by atoms with E-state index < -0.39 is 4.87 Å². The second kappa shape index (κ2) is 7.98.